The minimum Gasteiger partial charge on any atom is -0.392 e. The second kappa shape index (κ2) is 5.99. The lowest BCUT2D eigenvalue weighted by molar-refractivity contribution is 0.146. The van der Waals surface area contributed by atoms with Gasteiger partial charge in [0.05, 0.1) is 6.10 Å². The van der Waals surface area contributed by atoms with Crippen molar-refractivity contribution in [2.45, 2.75) is 63.5 Å². The van der Waals surface area contributed by atoms with Gasteiger partial charge in [-0.1, -0.05) is 13.3 Å². The molecule has 0 heterocycles. The van der Waals surface area contributed by atoms with Crippen molar-refractivity contribution in [3.05, 3.63) is 0 Å². The van der Waals surface area contributed by atoms with Gasteiger partial charge in [-0.25, -0.2) is 0 Å². The van der Waals surface area contributed by atoms with E-state index in [1.54, 1.807) is 0 Å². The lowest BCUT2D eigenvalue weighted by atomic mass is 10.1. The van der Waals surface area contributed by atoms with E-state index in [2.05, 4.69) is 30.9 Å². The molecular weight excluding hydrogens is 194 g/mol. The van der Waals surface area contributed by atoms with Crippen LogP contribution < -0.4 is 5.32 Å². The highest BCUT2D eigenvalue weighted by Gasteiger charge is 2.28. The summed E-state index contributed by atoms with van der Waals surface area (Å²) in [5.74, 6) is 1.20. The lowest BCUT2D eigenvalue weighted by Crippen LogP contribution is -2.45. The van der Waals surface area contributed by atoms with E-state index in [4.69, 9.17) is 0 Å². The molecule has 0 radical (unpaired) electrons. The monoisotopic (exact) mass is 217 g/mol. The van der Waals surface area contributed by atoms with Gasteiger partial charge < -0.3 is 10.4 Å². The molecule has 0 saturated heterocycles. The predicted molar refractivity (Wildman–Crippen MR) is 63.8 cm³/mol. The maximum atomic E-state index is 9.43. The fraction of sp³-hybridized carbons (Fsp3) is 1.00. The molecule has 3 heteroatoms. The van der Waals surface area contributed by atoms with Crippen molar-refractivity contribution in [2.75, 3.05) is 5.75 Å². The van der Waals surface area contributed by atoms with E-state index in [0.29, 0.717) is 6.04 Å². The van der Waals surface area contributed by atoms with Gasteiger partial charge >= 0.3 is 0 Å². The van der Waals surface area contributed by atoms with Crippen molar-refractivity contribution in [3.63, 3.8) is 0 Å². The van der Waals surface area contributed by atoms with E-state index in [1.807, 2.05) is 6.92 Å². The molecule has 2 N–H and O–H groups in total. The molecule has 0 spiro atoms. The number of hydrogen-bond donors (Lipinski definition) is 2. The van der Waals surface area contributed by atoms with Gasteiger partial charge in [-0.15, -0.1) is 0 Å². The Hall–Kier alpha value is 0.270. The van der Waals surface area contributed by atoms with Crippen molar-refractivity contribution in [1.29, 1.82) is 0 Å². The van der Waals surface area contributed by atoms with Crippen LogP contribution in [0, 0.1) is 0 Å². The summed E-state index contributed by atoms with van der Waals surface area (Å²) in [6.07, 6.45) is 3.70. The average molecular weight is 217 g/mol. The Bertz CT molecular complexity index is 163. The van der Waals surface area contributed by atoms with Crippen LogP contribution in [0.4, 0.5) is 0 Å². The number of rotatable bonds is 5. The second-order valence-electron chi connectivity index (χ2n) is 4.23. The fourth-order valence-corrected chi connectivity index (χ4v) is 3.22. The zero-order valence-corrected chi connectivity index (χ0v) is 10.3. The first-order valence-electron chi connectivity index (χ1n) is 5.70. The minimum atomic E-state index is -0.247. The van der Waals surface area contributed by atoms with Crippen LogP contribution in [-0.2, 0) is 0 Å². The van der Waals surface area contributed by atoms with Crippen molar-refractivity contribution >= 4 is 11.8 Å². The minimum absolute atomic E-state index is 0.220. The van der Waals surface area contributed by atoms with Crippen molar-refractivity contribution in [1.82, 2.24) is 5.32 Å². The van der Waals surface area contributed by atoms with Crippen molar-refractivity contribution < 1.29 is 5.11 Å². The molecule has 4 atom stereocenters. The van der Waals surface area contributed by atoms with Gasteiger partial charge in [0.1, 0.15) is 0 Å². The zero-order valence-electron chi connectivity index (χ0n) is 9.49. The van der Waals surface area contributed by atoms with Crippen molar-refractivity contribution in [3.8, 4) is 0 Å². The Kier molecular flexibility index (Phi) is 5.28. The topological polar surface area (TPSA) is 32.3 Å². The molecule has 1 fully saturated rings. The van der Waals surface area contributed by atoms with Crippen LogP contribution in [0.1, 0.15) is 40.0 Å². The summed E-state index contributed by atoms with van der Waals surface area (Å²) in [5, 5.41) is 13.7. The number of hydrogen-bond acceptors (Lipinski definition) is 3. The van der Waals surface area contributed by atoms with E-state index in [9.17, 15) is 5.11 Å². The van der Waals surface area contributed by atoms with Crippen molar-refractivity contribution in [2.24, 2.45) is 0 Å². The smallest absolute Gasteiger partial charge is 0.0662 e. The predicted octanol–water partition coefficient (Wildman–Crippen LogP) is 2.02. The molecular formula is C11H23NOS. The molecule has 0 aromatic carbocycles. The molecule has 0 aliphatic heterocycles. The quantitative estimate of drug-likeness (QED) is 0.739. The van der Waals surface area contributed by atoms with Gasteiger partial charge in [0.15, 0.2) is 0 Å². The van der Waals surface area contributed by atoms with Gasteiger partial charge in [-0.3, -0.25) is 0 Å². The highest BCUT2D eigenvalue weighted by atomic mass is 32.2. The first-order chi connectivity index (χ1) is 6.65. The average Bonchev–Trinajstić information content (AvgIpc) is 2.53. The molecule has 2 nitrogen and oxygen atoms in total. The highest BCUT2D eigenvalue weighted by molar-refractivity contribution is 7.99. The molecule has 0 amide bonds. The van der Waals surface area contributed by atoms with E-state index in [1.165, 1.54) is 25.0 Å². The maximum Gasteiger partial charge on any atom is 0.0662 e. The van der Waals surface area contributed by atoms with Crippen LogP contribution in [0.3, 0.4) is 0 Å². The first kappa shape index (κ1) is 12.3. The number of aliphatic hydroxyl groups is 1. The van der Waals surface area contributed by atoms with Crippen LogP contribution in [0.15, 0.2) is 0 Å². The summed E-state index contributed by atoms with van der Waals surface area (Å²) in [5.41, 5.74) is 0. The summed E-state index contributed by atoms with van der Waals surface area (Å²) >= 11 is 2.06. The molecule has 0 aromatic heterocycles. The van der Waals surface area contributed by atoms with Gasteiger partial charge in [-0.2, -0.15) is 11.8 Å². The second-order valence-corrected chi connectivity index (χ2v) is 5.74. The summed E-state index contributed by atoms with van der Waals surface area (Å²) in [6.45, 7) is 6.14. The third kappa shape index (κ3) is 3.44. The highest BCUT2D eigenvalue weighted by Crippen LogP contribution is 2.30. The molecule has 14 heavy (non-hydrogen) atoms. The Morgan fingerprint density at radius 2 is 2.14 bits per heavy atom. The Morgan fingerprint density at radius 3 is 2.71 bits per heavy atom. The van der Waals surface area contributed by atoms with E-state index >= 15 is 0 Å². The molecule has 1 saturated carbocycles. The van der Waals surface area contributed by atoms with Crippen LogP contribution in [-0.4, -0.2) is 34.3 Å². The SMILES string of the molecule is CCSC1CCCC1NC(C)C(C)O. The molecule has 84 valence electrons. The van der Waals surface area contributed by atoms with Crippen LogP contribution >= 0.6 is 11.8 Å². The number of aliphatic hydroxyl groups excluding tert-OH is 1. The van der Waals surface area contributed by atoms with E-state index in [-0.39, 0.29) is 12.1 Å². The lowest BCUT2D eigenvalue weighted by Gasteiger charge is -2.26. The largest absolute Gasteiger partial charge is 0.392 e. The van der Waals surface area contributed by atoms with Gasteiger partial charge in [-0.05, 0) is 32.4 Å². The van der Waals surface area contributed by atoms with Crippen LogP contribution in [0.25, 0.3) is 0 Å². The molecule has 4 unspecified atom stereocenters. The maximum absolute atomic E-state index is 9.43. The molecule has 1 aliphatic carbocycles. The van der Waals surface area contributed by atoms with E-state index < -0.39 is 0 Å². The summed E-state index contributed by atoms with van der Waals surface area (Å²) < 4.78 is 0. The normalized spacial score (nSPS) is 31.7. The Labute approximate surface area is 91.9 Å². The van der Waals surface area contributed by atoms with Gasteiger partial charge in [0, 0.05) is 17.3 Å². The summed E-state index contributed by atoms with van der Waals surface area (Å²) in [4.78, 5) is 0. The molecule has 0 bridgehead atoms. The van der Waals surface area contributed by atoms with Crippen LogP contribution in [0.5, 0.6) is 0 Å². The number of nitrogens with one attached hydrogen (secondary N) is 1. The first-order valence-corrected chi connectivity index (χ1v) is 6.75. The number of thioether (sulfide) groups is 1. The third-order valence-corrected chi connectivity index (χ3v) is 4.36. The zero-order chi connectivity index (χ0) is 10.6. The van der Waals surface area contributed by atoms with Gasteiger partial charge in [0.25, 0.3) is 0 Å². The Morgan fingerprint density at radius 1 is 1.43 bits per heavy atom. The standard InChI is InChI=1S/C11H23NOS/c1-4-14-11-7-5-6-10(11)12-8(2)9(3)13/h8-13H,4-7H2,1-3H3. The Balaban J connectivity index is 2.35. The fourth-order valence-electron chi connectivity index (χ4n) is 2.01. The molecule has 1 rings (SSSR count). The molecule has 1 aliphatic rings. The third-order valence-electron chi connectivity index (χ3n) is 3.03. The summed E-state index contributed by atoms with van der Waals surface area (Å²) in [6, 6.07) is 0.836. The van der Waals surface area contributed by atoms with Gasteiger partial charge in [0.2, 0.25) is 0 Å². The van der Waals surface area contributed by atoms with Crippen LogP contribution in [0.2, 0.25) is 0 Å². The summed E-state index contributed by atoms with van der Waals surface area (Å²) in [7, 11) is 0. The van der Waals surface area contributed by atoms with E-state index in [0.717, 1.165) is 5.25 Å². The molecule has 0 aromatic rings.